The van der Waals surface area contributed by atoms with Crippen molar-refractivity contribution in [2.24, 2.45) is 16.1 Å². The zero-order chi connectivity index (χ0) is 20.0. The van der Waals surface area contributed by atoms with Crippen molar-refractivity contribution in [2.75, 3.05) is 13.1 Å². The lowest BCUT2D eigenvalue weighted by Crippen LogP contribution is -2.50. The van der Waals surface area contributed by atoms with Crippen LogP contribution in [0.15, 0.2) is 34.6 Å². The number of hydrogen-bond donors (Lipinski definition) is 3. The standard InChI is InChI=1S/C18H26N6O3/c1-18(2,3)13-6-4-5-7-14(13)27-12-8-10-24(11-9-12)16(26)15(25)21-17(19)22-23-20/h4-7,12H,8-11H2,1-3H3,(H4,19,20,21,22,25). The van der Waals surface area contributed by atoms with E-state index in [1.165, 1.54) is 4.90 Å². The SMILES string of the molecule is CC(C)(C)c1ccccc1OC1CCN(C(=O)C(=O)N/C(N)=N/N=N)CC1. The first-order valence-electron chi connectivity index (χ1n) is 8.78. The number of nitrogens with two attached hydrogens (primary N) is 1. The summed E-state index contributed by atoms with van der Waals surface area (Å²) >= 11 is 0. The van der Waals surface area contributed by atoms with Crippen LogP contribution in [0.25, 0.3) is 0 Å². The smallest absolute Gasteiger partial charge is 0.316 e. The molecule has 0 aliphatic carbocycles. The summed E-state index contributed by atoms with van der Waals surface area (Å²) in [5.41, 5.74) is 13.0. The Bertz CT molecular complexity index is 733. The van der Waals surface area contributed by atoms with Crippen molar-refractivity contribution in [3.63, 3.8) is 0 Å². The van der Waals surface area contributed by atoms with Gasteiger partial charge in [0.05, 0.1) is 0 Å². The minimum absolute atomic E-state index is 0.0191. The molecular weight excluding hydrogens is 348 g/mol. The van der Waals surface area contributed by atoms with Gasteiger partial charge in [-0.2, -0.15) is 5.53 Å². The van der Waals surface area contributed by atoms with Gasteiger partial charge < -0.3 is 15.4 Å². The molecular formula is C18H26N6O3. The Morgan fingerprint density at radius 2 is 1.89 bits per heavy atom. The summed E-state index contributed by atoms with van der Waals surface area (Å²) in [6.45, 7) is 7.23. The summed E-state index contributed by atoms with van der Waals surface area (Å²) in [5, 5.41) is 7.94. The summed E-state index contributed by atoms with van der Waals surface area (Å²) in [5.74, 6) is -1.11. The monoisotopic (exact) mass is 374 g/mol. The summed E-state index contributed by atoms with van der Waals surface area (Å²) in [6, 6.07) is 7.97. The molecule has 1 heterocycles. The van der Waals surface area contributed by atoms with Gasteiger partial charge in [-0.1, -0.05) is 44.1 Å². The van der Waals surface area contributed by atoms with E-state index in [1.54, 1.807) is 0 Å². The number of amides is 2. The van der Waals surface area contributed by atoms with Gasteiger partial charge in [-0.05, 0) is 22.3 Å². The van der Waals surface area contributed by atoms with E-state index < -0.39 is 11.8 Å². The van der Waals surface area contributed by atoms with Crippen LogP contribution in [0.5, 0.6) is 5.75 Å². The first-order valence-corrected chi connectivity index (χ1v) is 8.78. The molecule has 146 valence electrons. The molecule has 0 saturated carbocycles. The second-order valence-corrected chi connectivity index (χ2v) is 7.39. The first kappa shape index (κ1) is 20.3. The van der Waals surface area contributed by atoms with E-state index in [1.807, 2.05) is 18.2 Å². The second kappa shape index (κ2) is 8.61. The molecule has 1 saturated heterocycles. The molecule has 0 spiro atoms. The van der Waals surface area contributed by atoms with Crippen LogP contribution in [-0.2, 0) is 15.0 Å². The van der Waals surface area contributed by atoms with Crippen LogP contribution in [-0.4, -0.2) is 41.9 Å². The molecule has 4 N–H and O–H groups in total. The van der Waals surface area contributed by atoms with E-state index in [-0.39, 0.29) is 17.5 Å². The number of piperidine rings is 1. The van der Waals surface area contributed by atoms with Crippen LogP contribution in [0.3, 0.4) is 0 Å². The maximum absolute atomic E-state index is 12.2. The number of guanidine groups is 1. The van der Waals surface area contributed by atoms with Gasteiger partial charge >= 0.3 is 11.8 Å². The van der Waals surface area contributed by atoms with E-state index in [2.05, 4.69) is 42.5 Å². The van der Waals surface area contributed by atoms with Gasteiger partial charge in [0, 0.05) is 25.9 Å². The molecule has 9 nitrogen and oxygen atoms in total. The highest BCUT2D eigenvalue weighted by Crippen LogP contribution is 2.32. The van der Waals surface area contributed by atoms with Crippen molar-refractivity contribution >= 4 is 17.8 Å². The van der Waals surface area contributed by atoms with Gasteiger partial charge in [0.2, 0.25) is 5.96 Å². The van der Waals surface area contributed by atoms with Crippen molar-refractivity contribution in [1.82, 2.24) is 10.2 Å². The maximum atomic E-state index is 12.2. The third-order valence-electron chi connectivity index (χ3n) is 4.31. The Balaban J connectivity index is 1.93. The van der Waals surface area contributed by atoms with Crippen LogP contribution in [0.2, 0.25) is 0 Å². The second-order valence-electron chi connectivity index (χ2n) is 7.39. The third kappa shape index (κ3) is 5.50. The highest BCUT2D eigenvalue weighted by atomic mass is 16.5. The number of carbonyl (C=O) groups excluding carboxylic acids is 2. The van der Waals surface area contributed by atoms with E-state index in [9.17, 15) is 9.59 Å². The molecule has 27 heavy (non-hydrogen) atoms. The van der Waals surface area contributed by atoms with E-state index >= 15 is 0 Å². The summed E-state index contributed by atoms with van der Waals surface area (Å²) in [4.78, 5) is 25.5. The average Bonchev–Trinajstić information content (AvgIpc) is 2.61. The molecule has 0 aromatic heterocycles. The minimum Gasteiger partial charge on any atom is -0.490 e. The van der Waals surface area contributed by atoms with Crippen molar-refractivity contribution in [3.8, 4) is 5.75 Å². The van der Waals surface area contributed by atoms with Crippen LogP contribution in [0, 0.1) is 5.53 Å². The topological polar surface area (TPSA) is 133 Å². The Morgan fingerprint density at radius 1 is 1.26 bits per heavy atom. The predicted molar refractivity (Wildman–Crippen MR) is 100 cm³/mol. The minimum atomic E-state index is -0.891. The van der Waals surface area contributed by atoms with E-state index in [0.29, 0.717) is 25.9 Å². The van der Waals surface area contributed by atoms with Crippen LogP contribution < -0.4 is 15.8 Å². The normalized spacial score (nSPS) is 16.0. The van der Waals surface area contributed by atoms with Crippen LogP contribution >= 0.6 is 0 Å². The fourth-order valence-corrected chi connectivity index (χ4v) is 2.94. The van der Waals surface area contributed by atoms with E-state index in [4.69, 9.17) is 16.0 Å². The molecule has 1 aliphatic rings. The lowest BCUT2D eigenvalue weighted by atomic mass is 9.86. The first-order chi connectivity index (χ1) is 12.7. The Kier molecular flexibility index (Phi) is 6.49. The molecule has 2 rings (SSSR count). The summed E-state index contributed by atoms with van der Waals surface area (Å²) < 4.78 is 6.19. The lowest BCUT2D eigenvalue weighted by molar-refractivity contribution is -0.146. The zero-order valence-electron chi connectivity index (χ0n) is 15.9. The molecule has 1 aromatic rings. The average molecular weight is 374 g/mol. The number of benzene rings is 1. The largest absolute Gasteiger partial charge is 0.490 e. The van der Waals surface area contributed by atoms with Crippen molar-refractivity contribution in [1.29, 1.82) is 5.53 Å². The van der Waals surface area contributed by atoms with Gasteiger partial charge in [0.25, 0.3) is 0 Å². The molecule has 1 fully saturated rings. The van der Waals surface area contributed by atoms with Crippen molar-refractivity contribution in [3.05, 3.63) is 29.8 Å². The molecule has 9 heteroatoms. The van der Waals surface area contributed by atoms with Crippen molar-refractivity contribution in [2.45, 2.75) is 45.1 Å². The van der Waals surface area contributed by atoms with E-state index in [0.717, 1.165) is 11.3 Å². The number of carbonyl (C=O) groups is 2. The van der Waals surface area contributed by atoms with Gasteiger partial charge in [-0.25, -0.2) is 0 Å². The quantitative estimate of drug-likeness (QED) is 0.244. The fourth-order valence-electron chi connectivity index (χ4n) is 2.94. The summed E-state index contributed by atoms with van der Waals surface area (Å²) in [7, 11) is 0. The van der Waals surface area contributed by atoms with Gasteiger partial charge in [0.1, 0.15) is 11.9 Å². The molecule has 1 aliphatic heterocycles. The molecule has 1 aromatic carbocycles. The Hall–Kier alpha value is -2.97. The Morgan fingerprint density at radius 3 is 2.48 bits per heavy atom. The maximum Gasteiger partial charge on any atom is 0.316 e. The van der Waals surface area contributed by atoms with Gasteiger partial charge in [-0.3, -0.25) is 14.9 Å². The fraction of sp³-hybridized carbons (Fsp3) is 0.500. The van der Waals surface area contributed by atoms with Crippen LogP contribution in [0.1, 0.15) is 39.2 Å². The number of nitrogens with zero attached hydrogens (tertiary/aromatic N) is 3. The number of ether oxygens (including phenoxy) is 1. The molecule has 0 atom stereocenters. The zero-order valence-corrected chi connectivity index (χ0v) is 15.9. The van der Waals surface area contributed by atoms with Crippen molar-refractivity contribution < 1.29 is 14.3 Å². The highest BCUT2D eigenvalue weighted by Gasteiger charge is 2.29. The third-order valence-corrected chi connectivity index (χ3v) is 4.31. The predicted octanol–water partition coefficient (Wildman–Crippen LogP) is 1.73. The summed E-state index contributed by atoms with van der Waals surface area (Å²) in [6.07, 6.45) is 1.24. The van der Waals surface area contributed by atoms with Gasteiger partial charge in [-0.15, -0.1) is 0 Å². The lowest BCUT2D eigenvalue weighted by Gasteiger charge is -2.33. The number of rotatable bonds is 3. The van der Waals surface area contributed by atoms with Crippen LogP contribution in [0.4, 0.5) is 0 Å². The Labute approximate surface area is 158 Å². The number of para-hydroxylation sites is 1. The molecule has 0 radical (unpaired) electrons. The molecule has 2 amide bonds. The number of hydrogen-bond acceptors (Lipinski definition) is 5. The molecule has 0 bridgehead atoms. The molecule has 0 unspecified atom stereocenters. The highest BCUT2D eigenvalue weighted by molar-refractivity contribution is 6.37. The number of likely N-dealkylation sites (tertiary alicyclic amines) is 1. The van der Waals surface area contributed by atoms with Gasteiger partial charge in [0.15, 0.2) is 0 Å². The number of nitrogens with one attached hydrogen (secondary N) is 2.